The average molecular weight is 387 g/mol. The third-order valence-electron chi connectivity index (χ3n) is 3.65. The Labute approximate surface area is 157 Å². The van der Waals surface area contributed by atoms with E-state index in [0.717, 1.165) is 0 Å². The van der Waals surface area contributed by atoms with Gasteiger partial charge in [0.2, 0.25) is 0 Å². The topological polar surface area (TPSA) is 123 Å². The highest BCUT2D eigenvalue weighted by molar-refractivity contribution is 6.33. The van der Waals surface area contributed by atoms with Gasteiger partial charge in [-0.1, -0.05) is 23.7 Å². The number of carboxylic acids is 1. The first-order valence-electron chi connectivity index (χ1n) is 7.54. The summed E-state index contributed by atoms with van der Waals surface area (Å²) in [6, 6.07) is 12.8. The second-order valence-corrected chi connectivity index (χ2v) is 5.80. The number of furan rings is 1. The number of carbonyl (C=O) groups excluding carboxylic acids is 1. The molecule has 0 spiro atoms. The molecule has 27 heavy (non-hydrogen) atoms. The first-order valence-corrected chi connectivity index (χ1v) is 7.92. The van der Waals surface area contributed by atoms with Crippen molar-refractivity contribution in [3.05, 3.63) is 81.1 Å². The van der Waals surface area contributed by atoms with Crippen LogP contribution in [0, 0.1) is 10.1 Å². The highest BCUT2D eigenvalue weighted by atomic mass is 35.5. The normalized spacial score (nSPS) is 10.4. The minimum Gasteiger partial charge on any atom is -0.478 e. The number of anilines is 1. The Kier molecular flexibility index (Phi) is 4.91. The Bertz CT molecular complexity index is 1060. The Morgan fingerprint density at radius 2 is 1.85 bits per heavy atom. The maximum atomic E-state index is 12.3. The van der Waals surface area contributed by atoms with E-state index in [4.69, 9.17) is 21.1 Å². The Balaban J connectivity index is 1.85. The van der Waals surface area contributed by atoms with Crippen LogP contribution in [-0.2, 0) is 0 Å². The first kappa shape index (κ1) is 18.2. The van der Waals surface area contributed by atoms with Gasteiger partial charge in [-0.2, -0.15) is 0 Å². The Morgan fingerprint density at radius 1 is 1.11 bits per heavy atom. The van der Waals surface area contributed by atoms with Gasteiger partial charge in [0.05, 0.1) is 21.1 Å². The number of hydrogen-bond acceptors (Lipinski definition) is 5. The number of hydrogen-bond donors (Lipinski definition) is 2. The lowest BCUT2D eigenvalue weighted by Crippen LogP contribution is -2.11. The first-order chi connectivity index (χ1) is 12.9. The number of carboxylic acid groups (broad SMARTS) is 1. The molecule has 0 aliphatic carbocycles. The lowest BCUT2D eigenvalue weighted by Gasteiger charge is -2.06. The monoisotopic (exact) mass is 386 g/mol. The van der Waals surface area contributed by atoms with Gasteiger partial charge in [0.1, 0.15) is 5.76 Å². The summed E-state index contributed by atoms with van der Waals surface area (Å²) < 4.78 is 5.44. The quantitative estimate of drug-likeness (QED) is 0.493. The SMILES string of the molecule is O=C(Nc1ccc(Cl)c(C(=O)O)c1)c1ccc(-c2ccccc2[N+](=O)[O-])o1. The fraction of sp³-hybridized carbons (Fsp3) is 0. The predicted octanol–water partition coefficient (Wildman–Crippen LogP) is 4.46. The minimum absolute atomic E-state index is 0.0390. The second-order valence-electron chi connectivity index (χ2n) is 5.39. The lowest BCUT2D eigenvalue weighted by atomic mass is 10.1. The van der Waals surface area contributed by atoms with Gasteiger partial charge in [0.25, 0.3) is 11.6 Å². The zero-order chi connectivity index (χ0) is 19.6. The molecule has 0 aliphatic heterocycles. The number of amides is 1. The van der Waals surface area contributed by atoms with E-state index in [1.54, 1.807) is 6.07 Å². The van der Waals surface area contributed by atoms with Crippen LogP contribution >= 0.6 is 11.6 Å². The second kappa shape index (κ2) is 7.30. The Morgan fingerprint density at radius 3 is 2.56 bits per heavy atom. The molecule has 0 atom stereocenters. The number of nitrogens with one attached hydrogen (secondary N) is 1. The van der Waals surface area contributed by atoms with Gasteiger partial charge in [-0.05, 0) is 36.4 Å². The van der Waals surface area contributed by atoms with Crippen LogP contribution in [0.25, 0.3) is 11.3 Å². The van der Waals surface area contributed by atoms with Crippen LogP contribution in [0.4, 0.5) is 11.4 Å². The Hall–Kier alpha value is -3.65. The zero-order valence-electron chi connectivity index (χ0n) is 13.5. The van der Waals surface area contributed by atoms with Crippen molar-refractivity contribution in [2.24, 2.45) is 0 Å². The number of benzene rings is 2. The molecule has 3 rings (SSSR count). The van der Waals surface area contributed by atoms with Crippen LogP contribution in [0.3, 0.4) is 0 Å². The van der Waals surface area contributed by atoms with Crippen molar-refractivity contribution in [2.45, 2.75) is 0 Å². The number of nitro groups is 1. The molecule has 136 valence electrons. The van der Waals surface area contributed by atoms with Gasteiger partial charge < -0.3 is 14.8 Å². The molecule has 0 saturated carbocycles. The van der Waals surface area contributed by atoms with Crippen LogP contribution in [0.5, 0.6) is 0 Å². The fourth-order valence-corrected chi connectivity index (χ4v) is 2.60. The maximum Gasteiger partial charge on any atom is 0.337 e. The number of halogens is 1. The van der Waals surface area contributed by atoms with Crippen molar-refractivity contribution in [1.82, 2.24) is 0 Å². The van der Waals surface area contributed by atoms with Crippen LogP contribution in [0.1, 0.15) is 20.9 Å². The molecular formula is C18H11ClN2O6. The van der Waals surface area contributed by atoms with E-state index in [9.17, 15) is 19.7 Å². The van der Waals surface area contributed by atoms with Crippen molar-refractivity contribution >= 4 is 34.9 Å². The molecule has 0 unspecified atom stereocenters. The van der Waals surface area contributed by atoms with E-state index in [0.29, 0.717) is 0 Å². The van der Waals surface area contributed by atoms with Crippen molar-refractivity contribution < 1.29 is 24.0 Å². The number of nitro benzene ring substituents is 1. The zero-order valence-corrected chi connectivity index (χ0v) is 14.3. The molecule has 0 aliphatic rings. The summed E-state index contributed by atoms with van der Waals surface area (Å²) >= 11 is 5.79. The van der Waals surface area contributed by atoms with E-state index in [1.165, 1.54) is 48.5 Å². The third kappa shape index (κ3) is 3.80. The summed E-state index contributed by atoms with van der Waals surface area (Å²) in [6.07, 6.45) is 0. The minimum atomic E-state index is -1.23. The number of aromatic carboxylic acids is 1. The summed E-state index contributed by atoms with van der Waals surface area (Å²) in [5.41, 5.74) is 0.142. The molecule has 3 aromatic rings. The largest absolute Gasteiger partial charge is 0.478 e. The molecule has 0 radical (unpaired) electrons. The summed E-state index contributed by atoms with van der Waals surface area (Å²) in [7, 11) is 0. The number of rotatable bonds is 5. The van der Waals surface area contributed by atoms with Crippen molar-refractivity contribution in [1.29, 1.82) is 0 Å². The van der Waals surface area contributed by atoms with Crippen molar-refractivity contribution in [2.75, 3.05) is 5.32 Å². The summed E-state index contributed by atoms with van der Waals surface area (Å²) in [6.45, 7) is 0. The molecular weight excluding hydrogens is 376 g/mol. The molecule has 2 N–H and O–H groups in total. The maximum absolute atomic E-state index is 12.3. The summed E-state index contributed by atoms with van der Waals surface area (Å²) in [5, 5.41) is 22.7. The molecule has 1 heterocycles. The van der Waals surface area contributed by atoms with Crippen molar-refractivity contribution in [3.8, 4) is 11.3 Å². The lowest BCUT2D eigenvalue weighted by molar-refractivity contribution is -0.384. The van der Waals surface area contributed by atoms with E-state index < -0.39 is 16.8 Å². The van der Waals surface area contributed by atoms with E-state index >= 15 is 0 Å². The molecule has 0 bridgehead atoms. The average Bonchev–Trinajstić information content (AvgIpc) is 3.13. The van der Waals surface area contributed by atoms with Crippen molar-refractivity contribution in [3.63, 3.8) is 0 Å². The smallest absolute Gasteiger partial charge is 0.337 e. The number of carbonyl (C=O) groups is 2. The van der Waals surface area contributed by atoms with Gasteiger partial charge in [-0.15, -0.1) is 0 Å². The molecule has 2 aromatic carbocycles. The van der Waals surface area contributed by atoms with Gasteiger partial charge in [0.15, 0.2) is 5.76 Å². The molecule has 8 nitrogen and oxygen atoms in total. The molecule has 1 aromatic heterocycles. The molecule has 0 saturated heterocycles. The summed E-state index contributed by atoms with van der Waals surface area (Å²) in [5.74, 6) is -1.80. The highest BCUT2D eigenvalue weighted by Crippen LogP contribution is 2.31. The van der Waals surface area contributed by atoms with Crippen LogP contribution in [-0.4, -0.2) is 21.9 Å². The highest BCUT2D eigenvalue weighted by Gasteiger charge is 2.19. The van der Waals surface area contributed by atoms with E-state index in [-0.39, 0.29) is 39.0 Å². The van der Waals surface area contributed by atoms with Crippen LogP contribution < -0.4 is 5.32 Å². The fourth-order valence-electron chi connectivity index (χ4n) is 2.41. The van der Waals surface area contributed by atoms with Crippen LogP contribution in [0.2, 0.25) is 5.02 Å². The predicted molar refractivity (Wildman–Crippen MR) is 97.2 cm³/mol. The summed E-state index contributed by atoms with van der Waals surface area (Å²) in [4.78, 5) is 34.0. The van der Waals surface area contributed by atoms with Gasteiger partial charge in [-0.25, -0.2) is 4.79 Å². The van der Waals surface area contributed by atoms with Crippen LogP contribution in [0.15, 0.2) is 59.0 Å². The van der Waals surface area contributed by atoms with Gasteiger partial charge in [0, 0.05) is 11.8 Å². The third-order valence-corrected chi connectivity index (χ3v) is 3.98. The standard InChI is InChI=1S/C18H11ClN2O6/c19-13-6-5-10(9-12(13)18(23)24)20-17(22)16-8-7-15(27-16)11-3-1-2-4-14(11)21(25)26/h1-9H,(H,20,22)(H,23,24). The number of para-hydroxylation sites is 1. The number of nitrogens with zero attached hydrogens (tertiary/aromatic N) is 1. The van der Waals surface area contributed by atoms with Gasteiger partial charge in [-0.3, -0.25) is 14.9 Å². The van der Waals surface area contributed by atoms with E-state index in [1.807, 2.05) is 0 Å². The molecule has 9 heteroatoms. The molecule has 0 fully saturated rings. The van der Waals surface area contributed by atoms with E-state index in [2.05, 4.69) is 5.32 Å². The van der Waals surface area contributed by atoms with Gasteiger partial charge >= 0.3 is 5.97 Å². The molecule has 1 amide bonds.